The Hall–Kier alpha value is -2.37. The van der Waals surface area contributed by atoms with E-state index in [1.54, 1.807) is 6.92 Å². The highest BCUT2D eigenvalue weighted by molar-refractivity contribution is 5.79. The summed E-state index contributed by atoms with van der Waals surface area (Å²) in [6, 6.07) is 10.5. The summed E-state index contributed by atoms with van der Waals surface area (Å²) in [4.78, 5) is 8.58. The SMILES string of the molecule is CCNC(=NCc1nc(C)no1)NCCCc1ccccc1. The standard InChI is InChI=1S/C16H23N5O/c1-3-17-16(19-12-15-20-13(2)21-22-15)18-11-7-10-14-8-5-4-6-9-14/h4-6,8-9H,3,7,10-12H2,1-2H3,(H2,17,18,19). The Labute approximate surface area is 131 Å². The highest BCUT2D eigenvalue weighted by Crippen LogP contribution is 2.01. The summed E-state index contributed by atoms with van der Waals surface area (Å²) in [7, 11) is 0. The van der Waals surface area contributed by atoms with Crippen LogP contribution in [0.1, 0.15) is 30.6 Å². The van der Waals surface area contributed by atoms with Crippen LogP contribution < -0.4 is 10.6 Å². The van der Waals surface area contributed by atoms with E-state index in [1.807, 2.05) is 13.0 Å². The summed E-state index contributed by atoms with van der Waals surface area (Å²) in [6.45, 7) is 5.90. The Bertz CT molecular complexity index is 579. The maximum atomic E-state index is 5.05. The quantitative estimate of drug-likeness (QED) is 0.465. The van der Waals surface area contributed by atoms with Crippen molar-refractivity contribution in [3.63, 3.8) is 0 Å². The van der Waals surface area contributed by atoms with Gasteiger partial charge in [0, 0.05) is 13.1 Å². The van der Waals surface area contributed by atoms with Crippen LogP contribution in [0.4, 0.5) is 0 Å². The van der Waals surface area contributed by atoms with Gasteiger partial charge in [-0.15, -0.1) is 0 Å². The molecule has 6 heteroatoms. The molecule has 118 valence electrons. The molecule has 22 heavy (non-hydrogen) atoms. The number of aryl methyl sites for hydroxylation is 2. The fourth-order valence-corrected chi connectivity index (χ4v) is 2.04. The summed E-state index contributed by atoms with van der Waals surface area (Å²) in [6.07, 6.45) is 2.10. The Kier molecular flexibility index (Phi) is 6.41. The molecule has 2 rings (SSSR count). The van der Waals surface area contributed by atoms with Crippen LogP contribution in [0.2, 0.25) is 0 Å². The molecule has 0 aliphatic heterocycles. The molecular weight excluding hydrogens is 278 g/mol. The molecule has 0 saturated carbocycles. The summed E-state index contributed by atoms with van der Waals surface area (Å²) < 4.78 is 5.05. The molecule has 1 heterocycles. The predicted octanol–water partition coefficient (Wildman–Crippen LogP) is 2.07. The first kappa shape index (κ1) is 16.0. The number of benzene rings is 1. The molecule has 0 spiro atoms. The van der Waals surface area contributed by atoms with Crippen LogP contribution in [0.15, 0.2) is 39.8 Å². The molecule has 0 fully saturated rings. The van der Waals surface area contributed by atoms with E-state index in [0.29, 0.717) is 18.3 Å². The van der Waals surface area contributed by atoms with Gasteiger partial charge in [-0.05, 0) is 32.3 Å². The molecule has 0 radical (unpaired) electrons. The van der Waals surface area contributed by atoms with E-state index in [-0.39, 0.29) is 0 Å². The molecule has 2 aromatic rings. The van der Waals surface area contributed by atoms with Crippen molar-refractivity contribution in [2.24, 2.45) is 4.99 Å². The minimum atomic E-state index is 0.384. The maximum Gasteiger partial charge on any atom is 0.248 e. The first-order valence-electron chi connectivity index (χ1n) is 7.63. The molecule has 0 amide bonds. The zero-order chi connectivity index (χ0) is 15.6. The van der Waals surface area contributed by atoms with Crippen LogP contribution >= 0.6 is 0 Å². The summed E-state index contributed by atoms with van der Waals surface area (Å²) in [5.74, 6) is 1.93. The van der Waals surface area contributed by atoms with E-state index in [4.69, 9.17) is 4.52 Å². The van der Waals surface area contributed by atoms with Crippen LogP contribution in [0.5, 0.6) is 0 Å². The lowest BCUT2D eigenvalue weighted by Crippen LogP contribution is -2.37. The van der Waals surface area contributed by atoms with E-state index < -0.39 is 0 Å². The van der Waals surface area contributed by atoms with Gasteiger partial charge in [0.1, 0.15) is 6.54 Å². The van der Waals surface area contributed by atoms with Gasteiger partial charge in [0.25, 0.3) is 0 Å². The average molecular weight is 301 g/mol. The molecule has 1 aromatic heterocycles. The Morgan fingerprint density at radius 3 is 2.73 bits per heavy atom. The van der Waals surface area contributed by atoms with Crippen molar-refractivity contribution in [1.29, 1.82) is 0 Å². The smallest absolute Gasteiger partial charge is 0.248 e. The minimum Gasteiger partial charge on any atom is -0.357 e. The average Bonchev–Trinajstić information content (AvgIpc) is 2.95. The lowest BCUT2D eigenvalue weighted by Gasteiger charge is -2.10. The van der Waals surface area contributed by atoms with Crippen LogP contribution in [-0.4, -0.2) is 29.2 Å². The van der Waals surface area contributed by atoms with Crippen molar-refractivity contribution in [2.75, 3.05) is 13.1 Å². The summed E-state index contributed by atoms with van der Waals surface area (Å²) >= 11 is 0. The van der Waals surface area contributed by atoms with Gasteiger partial charge < -0.3 is 15.2 Å². The molecule has 0 aliphatic carbocycles. The number of hydrogen-bond donors (Lipinski definition) is 2. The molecule has 0 saturated heterocycles. The third-order valence-corrected chi connectivity index (χ3v) is 3.06. The van der Waals surface area contributed by atoms with Gasteiger partial charge in [0.15, 0.2) is 11.8 Å². The van der Waals surface area contributed by atoms with Crippen molar-refractivity contribution in [3.8, 4) is 0 Å². The number of guanidine groups is 1. The number of rotatable bonds is 7. The van der Waals surface area contributed by atoms with Crippen molar-refractivity contribution >= 4 is 5.96 Å². The van der Waals surface area contributed by atoms with Crippen molar-refractivity contribution in [1.82, 2.24) is 20.8 Å². The summed E-state index contributed by atoms with van der Waals surface area (Å²) in [5.41, 5.74) is 1.35. The third-order valence-electron chi connectivity index (χ3n) is 3.06. The summed E-state index contributed by atoms with van der Waals surface area (Å²) in [5, 5.41) is 10.3. The second-order valence-corrected chi connectivity index (χ2v) is 4.95. The van der Waals surface area contributed by atoms with Crippen LogP contribution in [0.3, 0.4) is 0 Å². The molecule has 0 unspecified atom stereocenters. The molecule has 1 aromatic carbocycles. The molecule has 0 atom stereocenters. The van der Waals surface area contributed by atoms with E-state index >= 15 is 0 Å². The van der Waals surface area contributed by atoms with Crippen molar-refractivity contribution in [3.05, 3.63) is 47.6 Å². The Balaban J connectivity index is 1.76. The number of aliphatic imine (C=N–C) groups is 1. The first-order chi connectivity index (χ1) is 10.8. The van der Waals surface area contributed by atoms with Crippen molar-refractivity contribution in [2.45, 2.75) is 33.2 Å². The number of aromatic nitrogens is 2. The number of hydrogen-bond acceptors (Lipinski definition) is 4. The second kappa shape index (κ2) is 8.81. The Morgan fingerprint density at radius 2 is 2.05 bits per heavy atom. The fraction of sp³-hybridized carbons (Fsp3) is 0.438. The highest BCUT2D eigenvalue weighted by atomic mass is 16.5. The molecular formula is C16H23N5O. The van der Waals surface area contributed by atoms with Gasteiger partial charge in [0.2, 0.25) is 5.89 Å². The topological polar surface area (TPSA) is 75.3 Å². The van der Waals surface area contributed by atoms with E-state index in [0.717, 1.165) is 31.9 Å². The normalized spacial score (nSPS) is 11.5. The second-order valence-electron chi connectivity index (χ2n) is 4.95. The highest BCUT2D eigenvalue weighted by Gasteiger charge is 2.02. The van der Waals surface area contributed by atoms with Gasteiger partial charge in [-0.2, -0.15) is 4.98 Å². The van der Waals surface area contributed by atoms with Gasteiger partial charge in [-0.1, -0.05) is 35.5 Å². The number of nitrogens with one attached hydrogen (secondary N) is 2. The predicted molar refractivity (Wildman–Crippen MR) is 86.6 cm³/mol. The third kappa shape index (κ3) is 5.55. The van der Waals surface area contributed by atoms with Gasteiger partial charge in [-0.25, -0.2) is 4.99 Å². The lowest BCUT2D eigenvalue weighted by molar-refractivity contribution is 0.376. The van der Waals surface area contributed by atoms with E-state index in [9.17, 15) is 0 Å². The molecule has 2 N–H and O–H groups in total. The van der Waals surface area contributed by atoms with Crippen molar-refractivity contribution < 1.29 is 4.52 Å². The van der Waals surface area contributed by atoms with Gasteiger partial charge >= 0.3 is 0 Å². The van der Waals surface area contributed by atoms with Crippen LogP contribution in [-0.2, 0) is 13.0 Å². The van der Waals surface area contributed by atoms with E-state index in [1.165, 1.54) is 5.56 Å². The lowest BCUT2D eigenvalue weighted by atomic mass is 10.1. The maximum absolute atomic E-state index is 5.05. The minimum absolute atomic E-state index is 0.384. The fourth-order valence-electron chi connectivity index (χ4n) is 2.04. The largest absolute Gasteiger partial charge is 0.357 e. The van der Waals surface area contributed by atoms with Crippen LogP contribution in [0, 0.1) is 6.92 Å². The first-order valence-corrected chi connectivity index (χ1v) is 7.63. The molecule has 0 aliphatic rings. The zero-order valence-electron chi connectivity index (χ0n) is 13.2. The van der Waals surface area contributed by atoms with E-state index in [2.05, 4.69) is 50.0 Å². The number of nitrogens with zero attached hydrogens (tertiary/aromatic N) is 3. The monoisotopic (exact) mass is 301 g/mol. The molecule has 6 nitrogen and oxygen atoms in total. The molecule has 0 bridgehead atoms. The van der Waals surface area contributed by atoms with Gasteiger partial charge in [-0.3, -0.25) is 0 Å². The van der Waals surface area contributed by atoms with Gasteiger partial charge in [0.05, 0.1) is 0 Å². The van der Waals surface area contributed by atoms with Crippen LogP contribution in [0.25, 0.3) is 0 Å². The Morgan fingerprint density at radius 1 is 1.23 bits per heavy atom. The zero-order valence-corrected chi connectivity index (χ0v) is 13.2.